The van der Waals surface area contributed by atoms with E-state index in [2.05, 4.69) is 5.32 Å². The standard InChI is InChI=1S/C13H23NO5/c1-16-9-17-6-4-14-5-7-18-13(15)11-8-10-2-3-12(11)19-10/h10-12,14H,2-9H2,1H3. The first-order valence-electron chi connectivity index (χ1n) is 6.90. The minimum atomic E-state index is -0.107. The topological polar surface area (TPSA) is 66.0 Å². The van der Waals surface area contributed by atoms with Gasteiger partial charge in [0, 0.05) is 20.2 Å². The molecule has 2 fully saturated rings. The molecule has 6 nitrogen and oxygen atoms in total. The van der Waals surface area contributed by atoms with Crippen LogP contribution in [-0.2, 0) is 23.7 Å². The number of ether oxygens (including phenoxy) is 4. The van der Waals surface area contributed by atoms with Crippen LogP contribution in [0.2, 0.25) is 0 Å². The van der Waals surface area contributed by atoms with Crippen LogP contribution in [0.3, 0.4) is 0 Å². The summed E-state index contributed by atoms with van der Waals surface area (Å²) in [6.07, 6.45) is 3.32. The van der Waals surface area contributed by atoms with Crippen molar-refractivity contribution in [2.45, 2.75) is 31.5 Å². The van der Waals surface area contributed by atoms with Gasteiger partial charge in [-0.05, 0) is 19.3 Å². The smallest absolute Gasteiger partial charge is 0.311 e. The highest BCUT2D eigenvalue weighted by atomic mass is 16.7. The molecule has 110 valence electrons. The zero-order valence-corrected chi connectivity index (χ0v) is 11.4. The van der Waals surface area contributed by atoms with E-state index in [9.17, 15) is 4.79 Å². The number of esters is 1. The molecule has 2 aliphatic rings. The van der Waals surface area contributed by atoms with Crippen molar-refractivity contribution in [2.75, 3.05) is 40.2 Å². The Labute approximate surface area is 113 Å². The van der Waals surface area contributed by atoms with E-state index >= 15 is 0 Å². The summed E-state index contributed by atoms with van der Waals surface area (Å²) >= 11 is 0. The number of carbonyl (C=O) groups excluding carboxylic acids is 1. The van der Waals surface area contributed by atoms with E-state index in [4.69, 9.17) is 18.9 Å². The van der Waals surface area contributed by atoms with E-state index in [0.717, 1.165) is 25.8 Å². The lowest BCUT2D eigenvalue weighted by atomic mass is 9.89. The van der Waals surface area contributed by atoms with Gasteiger partial charge in [0.2, 0.25) is 0 Å². The summed E-state index contributed by atoms with van der Waals surface area (Å²) in [5.74, 6) is -0.145. The second-order valence-electron chi connectivity index (χ2n) is 4.95. The van der Waals surface area contributed by atoms with Crippen molar-refractivity contribution < 1.29 is 23.7 Å². The molecule has 2 bridgehead atoms. The van der Waals surface area contributed by atoms with Crippen molar-refractivity contribution in [2.24, 2.45) is 5.92 Å². The number of rotatable bonds is 9. The van der Waals surface area contributed by atoms with E-state index in [1.807, 2.05) is 0 Å². The van der Waals surface area contributed by atoms with Gasteiger partial charge in [0.15, 0.2) is 0 Å². The number of nitrogens with one attached hydrogen (secondary N) is 1. The fraction of sp³-hybridized carbons (Fsp3) is 0.923. The molecule has 19 heavy (non-hydrogen) atoms. The van der Waals surface area contributed by atoms with Crippen LogP contribution in [0.15, 0.2) is 0 Å². The average Bonchev–Trinajstić information content (AvgIpc) is 3.04. The summed E-state index contributed by atoms with van der Waals surface area (Å²) in [4.78, 5) is 11.8. The first-order chi connectivity index (χ1) is 9.31. The molecule has 0 spiro atoms. The Bertz CT molecular complexity index is 286. The van der Waals surface area contributed by atoms with E-state index in [0.29, 0.717) is 32.7 Å². The molecule has 0 amide bonds. The maximum atomic E-state index is 11.8. The Morgan fingerprint density at radius 2 is 2.16 bits per heavy atom. The Morgan fingerprint density at radius 1 is 1.32 bits per heavy atom. The number of methoxy groups -OCH3 is 1. The molecule has 1 N–H and O–H groups in total. The van der Waals surface area contributed by atoms with Gasteiger partial charge in [0.1, 0.15) is 13.4 Å². The fourth-order valence-corrected chi connectivity index (χ4v) is 2.63. The normalized spacial score (nSPS) is 28.8. The number of hydrogen-bond acceptors (Lipinski definition) is 6. The zero-order valence-electron chi connectivity index (χ0n) is 11.4. The van der Waals surface area contributed by atoms with Crippen LogP contribution in [0.4, 0.5) is 0 Å². The van der Waals surface area contributed by atoms with Gasteiger partial charge in [-0.3, -0.25) is 4.79 Å². The first kappa shape index (κ1) is 14.7. The second kappa shape index (κ2) is 7.79. The molecule has 3 atom stereocenters. The van der Waals surface area contributed by atoms with Crippen molar-refractivity contribution in [1.29, 1.82) is 0 Å². The van der Waals surface area contributed by atoms with Crippen LogP contribution >= 0.6 is 0 Å². The molecule has 6 heteroatoms. The average molecular weight is 273 g/mol. The SMILES string of the molecule is COCOCCNCCOC(=O)C1CC2CCC1O2. The molecule has 0 saturated carbocycles. The van der Waals surface area contributed by atoms with Crippen LogP contribution in [0.1, 0.15) is 19.3 Å². The van der Waals surface area contributed by atoms with Gasteiger partial charge in [-0.2, -0.15) is 0 Å². The quantitative estimate of drug-likeness (QED) is 0.370. The second-order valence-corrected chi connectivity index (χ2v) is 4.95. The number of carbonyl (C=O) groups is 1. The Kier molecular flexibility index (Phi) is 6.03. The van der Waals surface area contributed by atoms with Crippen molar-refractivity contribution in [3.05, 3.63) is 0 Å². The maximum Gasteiger partial charge on any atom is 0.311 e. The molecule has 2 rings (SSSR count). The summed E-state index contributed by atoms with van der Waals surface area (Å²) < 4.78 is 20.8. The molecule has 2 heterocycles. The molecule has 0 aliphatic carbocycles. The van der Waals surface area contributed by atoms with Crippen LogP contribution in [0.5, 0.6) is 0 Å². The van der Waals surface area contributed by atoms with Gasteiger partial charge in [-0.1, -0.05) is 0 Å². The molecule has 2 saturated heterocycles. The molecule has 2 aliphatic heterocycles. The van der Waals surface area contributed by atoms with Crippen molar-refractivity contribution in [3.63, 3.8) is 0 Å². The van der Waals surface area contributed by atoms with Gasteiger partial charge >= 0.3 is 5.97 Å². The molecule has 0 aromatic carbocycles. The van der Waals surface area contributed by atoms with Crippen molar-refractivity contribution in [1.82, 2.24) is 5.32 Å². The fourth-order valence-electron chi connectivity index (χ4n) is 2.63. The van der Waals surface area contributed by atoms with Crippen molar-refractivity contribution >= 4 is 5.97 Å². The number of hydrogen-bond donors (Lipinski definition) is 1. The molecule has 0 aromatic rings. The lowest BCUT2D eigenvalue weighted by molar-refractivity contribution is -0.150. The zero-order chi connectivity index (χ0) is 13.5. The maximum absolute atomic E-state index is 11.8. The first-order valence-corrected chi connectivity index (χ1v) is 6.90. The van der Waals surface area contributed by atoms with Crippen LogP contribution in [-0.4, -0.2) is 58.4 Å². The summed E-state index contributed by atoms with van der Waals surface area (Å²) in [6.45, 7) is 2.65. The molecule has 0 radical (unpaired) electrons. The predicted octanol–water partition coefficient (Wildman–Crippen LogP) is 0.307. The summed E-state index contributed by atoms with van der Waals surface area (Å²) in [7, 11) is 1.59. The van der Waals surface area contributed by atoms with Crippen molar-refractivity contribution in [3.8, 4) is 0 Å². The third-order valence-electron chi connectivity index (χ3n) is 3.56. The number of fused-ring (bicyclic) bond motifs is 2. The highest BCUT2D eigenvalue weighted by Gasteiger charge is 2.45. The third-order valence-corrected chi connectivity index (χ3v) is 3.56. The highest BCUT2D eigenvalue weighted by Crippen LogP contribution is 2.39. The Morgan fingerprint density at radius 3 is 2.84 bits per heavy atom. The molecule has 0 aromatic heterocycles. The minimum absolute atomic E-state index is 0.0382. The predicted molar refractivity (Wildman–Crippen MR) is 67.7 cm³/mol. The summed E-state index contributed by atoms with van der Waals surface area (Å²) in [5, 5.41) is 3.14. The molecular weight excluding hydrogens is 250 g/mol. The van der Waals surface area contributed by atoms with E-state index in [-0.39, 0.29) is 18.0 Å². The van der Waals surface area contributed by atoms with Gasteiger partial charge in [-0.25, -0.2) is 0 Å². The summed E-state index contributed by atoms with van der Waals surface area (Å²) in [5.41, 5.74) is 0. The highest BCUT2D eigenvalue weighted by molar-refractivity contribution is 5.73. The van der Waals surface area contributed by atoms with Crippen LogP contribution < -0.4 is 5.32 Å². The van der Waals surface area contributed by atoms with Gasteiger partial charge in [0.25, 0.3) is 0 Å². The lowest BCUT2D eigenvalue weighted by Crippen LogP contribution is -2.30. The van der Waals surface area contributed by atoms with E-state index in [1.165, 1.54) is 0 Å². The lowest BCUT2D eigenvalue weighted by Gasteiger charge is -2.17. The largest absolute Gasteiger partial charge is 0.464 e. The van der Waals surface area contributed by atoms with Crippen LogP contribution in [0.25, 0.3) is 0 Å². The monoisotopic (exact) mass is 273 g/mol. The van der Waals surface area contributed by atoms with Gasteiger partial charge in [0.05, 0.1) is 24.7 Å². The molecule has 3 unspecified atom stereocenters. The van der Waals surface area contributed by atoms with E-state index in [1.54, 1.807) is 7.11 Å². The Hall–Kier alpha value is -0.690. The van der Waals surface area contributed by atoms with E-state index < -0.39 is 0 Å². The third kappa shape index (κ3) is 4.42. The van der Waals surface area contributed by atoms with Gasteiger partial charge in [-0.15, -0.1) is 0 Å². The van der Waals surface area contributed by atoms with Gasteiger partial charge < -0.3 is 24.3 Å². The summed E-state index contributed by atoms with van der Waals surface area (Å²) in [6, 6.07) is 0. The Balaban J connectivity index is 1.46. The minimum Gasteiger partial charge on any atom is -0.464 e. The molecular formula is C13H23NO5. The van der Waals surface area contributed by atoms with Crippen LogP contribution in [0, 0.1) is 5.92 Å².